The predicted octanol–water partition coefficient (Wildman–Crippen LogP) is 1.77. The summed E-state index contributed by atoms with van der Waals surface area (Å²) in [5, 5.41) is 0. The van der Waals surface area contributed by atoms with Crippen molar-refractivity contribution < 1.29 is 18.3 Å². The Bertz CT molecular complexity index is 382. The van der Waals surface area contributed by atoms with Gasteiger partial charge in [0.2, 0.25) is 0 Å². The highest BCUT2D eigenvalue weighted by Gasteiger charge is 2.13. The summed E-state index contributed by atoms with van der Waals surface area (Å²) in [7, 11) is 0. The van der Waals surface area contributed by atoms with Crippen LogP contribution in [0.1, 0.15) is 0 Å². The largest absolute Gasteiger partial charge is 0.488 e. The van der Waals surface area contributed by atoms with Crippen molar-refractivity contribution >= 4 is 6.40 Å². The summed E-state index contributed by atoms with van der Waals surface area (Å²) >= 11 is 0. The van der Waals surface area contributed by atoms with Gasteiger partial charge in [-0.05, 0) is 12.1 Å². The van der Waals surface area contributed by atoms with Gasteiger partial charge in [0.05, 0.1) is 0 Å². The average molecular weight is 213 g/mol. The van der Waals surface area contributed by atoms with Gasteiger partial charge in [0, 0.05) is 6.07 Å². The van der Waals surface area contributed by atoms with Crippen LogP contribution in [0.15, 0.2) is 23.2 Å². The van der Waals surface area contributed by atoms with Crippen molar-refractivity contribution in [3.63, 3.8) is 0 Å². The van der Waals surface area contributed by atoms with Crippen LogP contribution in [-0.2, 0) is 4.74 Å². The summed E-state index contributed by atoms with van der Waals surface area (Å²) in [4.78, 5) is 3.93. The summed E-state index contributed by atoms with van der Waals surface area (Å²) < 4.78 is 35.6. The molecule has 1 aromatic rings. The van der Waals surface area contributed by atoms with E-state index in [4.69, 9.17) is 9.47 Å². The number of hydrogen-bond donors (Lipinski definition) is 0. The van der Waals surface area contributed by atoms with E-state index in [9.17, 15) is 8.78 Å². The van der Waals surface area contributed by atoms with Gasteiger partial charge in [-0.1, -0.05) is 0 Å². The van der Waals surface area contributed by atoms with Crippen LogP contribution >= 0.6 is 0 Å². The van der Waals surface area contributed by atoms with E-state index in [2.05, 4.69) is 4.99 Å². The van der Waals surface area contributed by atoms with E-state index >= 15 is 0 Å². The number of nitrogens with zero attached hydrogens (tertiary/aromatic N) is 1. The highest BCUT2D eigenvalue weighted by molar-refractivity contribution is 5.48. The first-order valence-electron chi connectivity index (χ1n) is 4.47. The highest BCUT2D eigenvalue weighted by Crippen LogP contribution is 2.18. The van der Waals surface area contributed by atoms with Crippen molar-refractivity contribution in [2.24, 2.45) is 4.99 Å². The van der Waals surface area contributed by atoms with Gasteiger partial charge in [0.15, 0.2) is 18.0 Å². The minimum absolute atomic E-state index is 0.0264. The van der Waals surface area contributed by atoms with Crippen molar-refractivity contribution in [1.82, 2.24) is 0 Å². The molecule has 0 fully saturated rings. The number of benzene rings is 1. The first-order valence-corrected chi connectivity index (χ1v) is 4.47. The number of hydrogen-bond acceptors (Lipinski definition) is 3. The Balaban J connectivity index is 1.95. The minimum atomic E-state index is -0.710. The summed E-state index contributed by atoms with van der Waals surface area (Å²) in [5.74, 6) is -1.31. The summed E-state index contributed by atoms with van der Waals surface area (Å²) in [6, 6.07) is 3.07. The maximum atomic E-state index is 13.1. The van der Waals surface area contributed by atoms with Gasteiger partial charge in [-0.25, -0.2) is 13.8 Å². The lowest BCUT2D eigenvalue weighted by atomic mass is 10.3. The van der Waals surface area contributed by atoms with Gasteiger partial charge < -0.3 is 9.47 Å². The summed E-state index contributed by atoms with van der Waals surface area (Å²) in [6.45, 7) is 0.655. The van der Waals surface area contributed by atoms with Crippen molar-refractivity contribution in [1.29, 1.82) is 0 Å². The molecule has 3 nitrogen and oxygen atoms in total. The molecular weight excluding hydrogens is 204 g/mol. The molecule has 2 rings (SSSR count). The Morgan fingerprint density at radius 3 is 3.00 bits per heavy atom. The molecule has 1 atom stereocenters. The van der Waals surface area contributed by atoms with Crippen LogP contribution in [0, 0.1) is 11.6 Å². The van der Waals surface area contributed by atoms with Crippen LogP contribution in [-0.4, -0.2) is 25.7 Å². The third kappa shape index (κ3) is 2.43. The molecule has 15 heavy (non-hydrogen) atoms. The van der Waals surface area contributed by atoms with E-state index in [1.54, 1.807) is 0 Å². The molecule has 0 spiro atoms. The van der Waals surface area contributed by atoms with E-state index in [0.717, 1.165) is 12.1 Å². The Kier molecular flexibility index (Phi) is 2.80. The van der Waals surface area contributed by atoms with E-state index < -0.39 is 11.6 Å². The zero-order valence-corrected chi connectivity index (χ0v) is 7.82. The number of rotatable bonds is 3. The zero-order valence-electron chi connectivity index (χ0n) is 7.82. The number of halogens is 2. The van der Waals surface area contributed by atoms with Crippen molar-refractivity contribution in [3.8, 4) is 5.75 Å². The average Bonchev–Trinajstić information content (AvgIpc) is 2.69. The van der Waals surface area contributed by atoms with Crippen LogP contribution in [0.4, 0.5) is 8.78 Å². The predicted molar refractivity (Wildman–Crippen MR) is 50.1 cm³/mol. The molecule has 1 unspecified atom stereocenters. The first kappa shape index (κ1) is 9.89. The molecule has 1 aromatic carbocycles. The van der Waals surface area contributed by atoms with E-state index in [1.807, 2.05) is 0 Å². The van der Waals surface area contributed by atoms with Crippen molar-refractivity contribution in [2.45, 2.75) is 6.04 Å². The van der Waals surface area contributed by atoms with E-state index in [0.29, 0.717) is 6.61 Å². The summed E-state index contributed by atoms with van der Waals surface area (Å²) in [6.07, 6.45) is 1.34. The number of aliphatic imine (C=N–C) groups is 1. The fourth-order valence-corrected chi connectivity index (χ4v) is 1.20. The smallest absolute Gasteiger partial charge is 0.170 e. The molecule has 1 heterocycles. The molecular formula is C10H9F2NO2. The van der Waals surface area contributed by atoms with Crippen molar-refractivity contribution in [2.75, 3.05) is 13.2 Å². The van der Waals surface area contributed by atoms with Crippen LogP contribution < -0.4 is 4.74 Å². The quantitative estimate of drug-likeness (QED) is 0.766. The lowest BCUT2D eigenvalue weighted by Gasteiger charge is -2.09. The van der Waals surface area contributed by atoms with Crippen LogP contribution in [0.3, 0.4) is 0 Å². The zero-order chi connectivity index (χ0) is 10.7. The van der Waals surface area contributed by atoms with Gasteiger partial charge in [-0.15, -0.1) is 0 Å². The van der Waals surface area contributed by atoms with Crippen LogP contribution in [0.25, 0.3) is 0 Å². The molecule has 1 aliphatic rings. The van der Waals surface area contributed by atoms with E-state index in [1.165, 1.54) is 12.5 Å². The standard InChI is InChI=1S/C10H9F2NO2/c11-7-1-2-10(9(12)3-7)15-5-8-4-14-6-13-8/h1-3,6,8H,4-5H2. The maximum absolute atomic E-state index is 13.1. The van der Waals surface area contributed by atoms with Gasteiger partial charge >= 0.3 is 0 Å². The Labute approximate surface area is 85.3 Å². The Hall–Kier alpha value is -1.65. The van der Waals surface area contributed by atoms with Gasteiger partial charge in [0.1, 0.15) is 25.1 Å². The molecule has 0 bridgehead atoms. The second-order valence-electron chi connectivity index (χ2n) is 3.13. The second kappa shape index (κ2) is 4.25. The van der Waals surface area contributed by atoms with Crippen LogP contribution in [0.2, 0.25) is 0 Å². The minimum Gasteiger partial charge on any atom is -0.488 e. The lowest BCUT2D eigenvalue weighted by molar-refractivity contribution is 0.238. The highest BCUT2D eigenvalue weighted by atomic mass is 19.1. The van der Waals surface area contributed by atoms with Gasteiger partial charge in [-0.3, -0.25) is 0 Å². The molecule has 80 valence electrons. The fourth-order valence-electron chi connectivity index (χ4n) is 1.20. The molecule has 1 aliphatic heterocycles. The third-order valence-corrected chi connectivity index (χ3v) is 1.96. The molecule has 0 saturated heterocycles. The monoisotopic (exact) mass is 213 g/mol. The van der Waals surface area contributed by atoms with Crippen molar-refractivity contribution in [3.05, 3.63) is 29.8 Å². The molecule has 5 heteroatoms. The van der Waals surface area contributed by atoms with Gasteiger partial charge in [-0.2, -0.15) is 0 Å². The fraction of sp³-hybridized carbons (Fsp3) is 0.300. The molecule has 0 N–H and O–H groups in total. The van der Waals surface area contributed by atoms with E-state index in [-0.39, 0.29) is 18.4 Å². The Morgan fingerprint density at radius 1 is 1.47 bits per heavy atom. The molecule has 0 amide bonds. The first-order chi connectivity index (χ1) is 7.25. The van der Waals surface area contributed by atoms with Gasteiger partial charge in [0.25, 0.3) is 0 Å². The third-order valence-electron chi connectivity index (χ3n) is 1.96. The summed E-state index contributed by atoms with van der Waals surface area (Å²) in [5.41, 5.74) is 0. The SMILES string of the molecule is Fc1ccc(OCC2COC=N2)c(F)c1. The molecule has 0 aliphatic carbocycles. The normalized spacial score (nSPS) is 18.9. The van der Waals surface area contributed by atoms with Crippen LogP contribution in [0.5, 0.6) is 5.75 Å². The molecule has 0 saturated carbocycles. The molecule has 0 aromatic heterocycles. The molecule has 0 radical (unpaired) electrons. The maximum Gasteiger partial charge on any atom is 0.170 e. The Morgan fingerprint density at radius 2 is 2.33 bits per heavy atom. The second-order valence-corrected chi connectivity index (χ2v) is 3.13. The lowest BCUT2D eigenvalue weighted by Crippen LogP contribution is -2.17. The topological polar surface area (TPSA) is 30.8 Å². The number of ether oxygens (including phenoxy) is 2.